The van der Waals surface area contributed by atoms with E-state index in [0.29, 0.717) is 0 Å². The van der Waals surface area contributed by atoms with E-state index < -0.39 is 0 Å². The molecule has 1 heterocycles. The molecule has 1 saturated carbocycles. The third kappa shape index (κ3) is 3.78. The molecule has 0 spiro atoms. The SMILES string of the molecule is Cc1cccc(N2CCN(CC3(N)CCCCC3)CC2)c1. The van der Waals surface area contributed by atoms with Gasteiger partial charge in [0.25, 0.3) is 0 Å². The van der Waals surface area contributed by atoms with E-state index in [1.165, 1.54) is 43.4 Å². The number of nitrogens with two attached hydrogens (primary N) is 1. The van der Waals surface area contributed by atoms with E-state index in [1.807, 2.05) is 0 Å². The number of hydrogen-bond acceptors (Lipinski definition) is 3. The van der Waals surface area contributed by atoms with Crippen LogP contribution >= 0.6 is 0 Å². The molecule has 1 aliphatic carbocycles. The number of nitrogens with zero attached hydrogens (tertiary/aromatic N) is 2. The summed E-state index contributed by atoms with van der Waals surface area (Å²) in [6, 6.07) is 8.85. The second-order valence-corrected chi connectivity index (χ2v) is 7.03. The van der Waals surface area contributed by atoms with Crippen molar-refractivity contribution in [3.05, 3.63) is 29.8 Å². The number of anilines is 1. The first-order valence-electron chi connectivity index (χ1n) is 8.48. The number of aryl methyl sites for hydroxylation is 1. The highest BCUT2D eigenvalue weighted by atomic mass is 15.3. The average Bonchev–Trinajstić information content (AvgIpc) is 2.48. The van der Waals surface area contributed by atoms with Gasteiger partial charge in [-0.15, -0.1) is 0 Å². The molecule has 2 N–H and O–H groups in total. The molecule has 0 amide bonds. The molecule has 0 unspecified atom stereocenters. The van der Waals surface area contributed by atoms with E-state index in [2.05, 4.69) is 41.0 Å². The van der Waals surface area contributed by atoms with Crippen LogP contribution in [0.2, 0.25) is 0 Å². The van der Waals surface area contributed by atoms with Crippen molar-refractivity contribution in [2.75, 3.05) is 37.6 Å². The Kier molecular flexibility index (Phi) is 4.51. The van der Waals surface area contributed by atoms with Crippen molar-refractivity contribution in [2.45, 2.75) is 44.6 Å². The van der Waals surface area contributed by atoms with Crippen LogP contribution in [0.25, 0.3) is 0 Å². The first-order chi connectivity index (χ1) is 10.1. The van der Waals surface area contributed by atoms with Crippen LogP contribution in [0, 0.1) is 6.92 Å². The normalized spacial score (nSPS) is 23.2. The zero-order chi connectivity index (χ0) is 14.7. The summed E-state index contributed by atoms with van der Waals surface area (Å²) in [5, 5.41) is 0. The van der Waals surface area contributed by atoms with Crippen molar-refractivity contribution in [3.8, 4) is 0 Å². The minimum absolute atomic E-state index is 0.0871. The standard InChI is InChI=1S/C18H29N3/c1-16-6-5-7-17(14-16)21-12-10-20(11-13-21)15-18(19)8-3-2-4-9-18/h5-7,14H,2-4,8-13,15,19H2,1H3. The fourth-order valence-corrected chi connectivity index (χ4v) is 3.85. The second kappa shape index (κ2) is 6.37. The molecule has 1 aromatic carbocycles. The van der Waals surface area contributed by atoms with E-state index in [0.717, 1.165) is 32.7 Å². The van der Waals surface area contributed by atoms with E-state index in [1.54, 1.807) is 0 Å². The van der Waals surface area contributed by atoms with Crippen LogP contribution in [0.5, 0.6) is 0 Å². The van der Waals surface area contributed by atoms with E-state index in [4.69, 9.17) is 5.73 Å². The van der Waals surface area contributed by atoms with Crippen LogP contribution in [0.3, 0.4) is 0 Å². The first-order valence-corrected chi connectivity index (χ1v) is 8.48. The van der Waals surface area contributed by atoms with Gasteiger partial charge < -0.3 is 10.6 Å². The van der Waals surface area contributed by atoms with Gasteiger partial charge in [0.05, 0.1) is 0 Å². The van der Waals surface area contributed by atoms with Crippen LogP contribution in [0.4, 0.5) is 5.69 Å². The predicted octanol–water partition coefficient (Wildman–Crippen LogP) is 2.78. The van der Waals surface area contributed by atoms with Gasteiger partial charge in [0.2, 0.25) is 0 Å². The minimum Gasteiger partial charge on any atom is -0.369 e. The Labute approximate surface area is 129 Å². The molecule has 21 heavy (non-hydrogen) atoms. The van der Waals surface area contributed by atoms with Crippen LogP contribution in [-0.2, 0) is 0 Å². The summed E-state index contributed by atoms with van der Waals surface area (Å²) >= 11 is 0. The predicted molar refractivity (Wildman–Crippen MR) is 89.8 cm³/mol. The molecule has 3 heteroatoms. The molecular formula is C18H29N3. The quantitative estimate of drug-likeness (QED) is 0.928. The lowest BCUT2D eigenvalue weighted by atomic mass is 9.82. The molecule has 1 aromatic rings. The molecule has 0 radical (unpaired) electrons. The van der Waals surface area contributed by atoms with Gasteiger partial charge >= 0.3 is 0 Å². The lowest BCUT2D eigenvalue weighted by molar-refractivity contribution is 0.165. The summed E-state index contributed by atoms with van der Waals surface area (Å²) in [6.45, 7) is 7.80. The number of piperazine rings is 1. The van der Waals surface area contributed by atoms with Crippen molar-refractivity contribution in [1.29, 1.82) is 0 Å². The Morgan fingerprint density at radius 3 is 2.43 bits per heavy atom. The number of benzene rings is 1. The largest absolute Gasteiger partial charge is 0.369 e. The van der Waals surface area contributed by atoms with Crippen molar-refractivity contribution < 1.29 is 0 Å². The molecule has 3 nitrogen and oxygen atoms in total. The maximum absolute atomic E-state index is 6.60. The molecule has 116 valence electrons. The van der Waals surface area contributed by atoms with E-state index >= 15 is 0 Å². The molecule has 2 aliphatic rings. The van der Waals surface area contributed by atoms with E-state index in [9.17, 15) is 0 Å². The highest BCUT2D eigenvalue weighted by Crippen LogP contribution is 2.27. The van der Waals surface area contributed by atoms with Crippen molar-refractivity contribution >= 4 is 5.69 Å². The van der Waals surface area contributed by atoms with Crippen molar-refractivity contribution in [1.82, 2.24) is 4.90 Å². The number of rotatable bonds is 3. The minimum atomic E-state index is 0.0871. The summed E-state index contributed by atoms with van der Waals surface area (Å²) < 4.78 is 0. The molecule has 0 aromatic heterocycles. The molecule has 0 atom stereocenters. The summed E-state index contributed by atoms with van der Waals surface area (Å²) in [7, 11) is 0. The van der Waals surface area contributed by atoms with Gasteiger partial charge in [0.1, 0.15) is 0 Å². The van der Waals surface area contributed by atoms with Crippen LogP contribution < -0.4 is 10.6 Å². The van der Waals surface area contributed by atoms with Gasteiger partial charge in [-0.05, 0) is 37.5 Å². The number of hydrogen-bond donors (Lipinski definition) is 1. The Morgan fingerprint density at radius 2 is 1.76 bits per heavy atom. The molecule has 3 rings (SSSR count). The lowest BCUT2D eigenvalue weighted by Crippen LogP contribution is -2.56. The van der Waals surface area contributed by atoms with E-state index in [-0.39, 0.29) is 5.54 Å². The zero-order valence-electron chi connectivity index (χ0n) is 13.4. The fraction of sp³-hybridized carbons (Fsp3) is 0.667. The van der Waals surface area contributed by atoms with Crippen molar-refractivity contribution in [2.24, 2.45) is 5.73 Å². The maximum atomic E-state index is 6.60. The monoisotopic (exact) mass is 287 g/mol. The highest BCUT2D eigenvalue weighted by molar-refractivity contribution is 5.48. The summed E-state index contributed by atoms with van der Waals surface area (Å²) in [6.07, 6.45) is 6.44. The molecule has 1 saturated heterocycles. The van der Waals surface area contributed by atoms with Gasteiger partial charge in [0, 0.05) is 44.0 Å². The maximum Gasteiger partial charge on any atom is 0.0369 e. The highest BCUT2D eigenvalue weighted by Gasteiger charge is 2.30. The Balaban J connectivity index is 1.53. The zero-order valence-corrected chi connectivity index (χ0v) is 13.4. The Morgan fingerprint density at radius 1 is 1.05 bits per heavy atom. The third-order valence-electron chi connectivity index (χ3n) is 5.13. The molecule has 0 bridgehead atoms. The summed E-state index contributed by atoms with van der Waals surface area (Å²) in [5.74, 6) is 0. The molecule has 2 fully saturated rings. The van der Waals surface area contributed by atoms with Crippen LogP contribution in [0.15, 0.2) is 24.3 Å². The Hall–Kier alpha value is -1.06. The summed E-state index contributed by atoms with van der Waals surface area (Å²) in [4.78, 5) is 5.09. The average molecular weight is 287 g/mol. The smallest absolute Gasteiger partial charge is 0.0369 e. The van der Waals surface area contributed by atoms with Gasteiger partial charge in [-0.25, -0.2) is 0 Å². The van der Waals surface area contributed by atoms with Gasteiger partial charge in [-0.2, -0.15) is 0 Å². The van der Waals surface area contributed by atoms with Crippen LogP contribution in [0.1, 0.15) is 37.7 Å². The van der Waals surface area contributed by atoms with Crippen LogP contribution in [-0.4, -0.2) is 43.2 Å². The fourth-order valence-electron chi connectivity index (χ4n) is 3.85. The van der Waals surface area contributed by atoms with Gasteiger partial charge in [-0.1, -0.05) is 31.4 Å². The summed E-state index contributed by atoms with van der Waals surface area (Å²) in [5.41, 5.74) is 9.40. The second-order valence-electron chi connectivity index (χ2n) is 7.03. The Bertz CT molecular complexity index is 457. The lowest BCUT2D eigenvalue weighted by Gasteiger charge is -2.42. The molecular weight excluding hydrogens is 258 g/mol. The topological polar surface area (TPSA) is 32.5 Å². The first kappa shape index (κ1) is 14.9. The molecule has 1 aliphatic heterocycles. The van der Waals surface area contributed by atoms with Gasteiger partial charge in [-0.3, -0.25) is 4.90 Å². The third-order valence-corrected chi connectivity index (χ3v) is 5.13. The van der Waals surface area contributed by atoms with Crippen molar-refractivity contribution in [3.63, 3.8) is 0 Å². The van der Waals surface area contributed by atoms with Gasteiger partial charge in [0.15, 0.2) is 0 Å².